The Balaban J connectivity index is 2.18. The minimum atomic E-state index is 0.924. The zero-order valence-electron chi connectivity index (χ0n) is 9.31. The molecule has 78 valence electrons. The molecule has 0 heterocycles. The first-order valence-electron chi connectivity index (χ1n) is 6.01. The van der Waals surface area contributed by atoms with E-state index in [9.17, 15) is 0 Å². The lowest BCUT2D eigenvalue weighted by Gasteiger charge is -2.25. The number of rotatable bonds is 5. The molecular formula is C12H25N. The minimum Gasteiger partial charge on any atom is -0.319 e. The van der Waals surface area contributed by atoms with Crippen LogP contribution < -0.4 is 5.32 Å². The second kappa shape index (κ2) is 6.42. The fourth-order valence-corrected chi connectivity index (χ4v) is 2.58. The summed E-state index contributed by atoms with van der Waals surface area (Å²) in [5.41, 5.74) is 0. The highest BCUT2D eigenvalue weighted by Crippen LogP contribution is 2.29. The van der Waals surface area contributed by atoms with Gasteiger partial charge in [-0.15, -0.1) is 0 Å². The molecule has 1 N–H and O–H groups in total. The van der Waals surface area contributed by atoms with Gasteiger partial charge in [0, 0.05) is 0 Å². The average molecular weight is 183 g/mol. The molecule has 1 atom stereocenters. The third-order valence-electron chi connectivity index (χ3n) is 3.46. The zero-order chi connectivity index (χ0) is 9.52. The van der Waals surface area contributed by atoms with Crippen molar-refractivity contribution >= 4 is 0 Å². The fourth-order valence-electron chi connectivity index (χ4n) is 2.58. The summed E-state index contributed by atoms with van der Waals surface area (Å²) < 4.78 is 0. The summed E-state index contributed by atoms with van der Waals surface area (Å²) in [6.45, 7) is 3.54. The maximum Gasteiger partial charge on any atom is -0.00235 e. The lowest BCUT2D eigenvalue weighted by atomic mass is 9.82. The minimum absolute atomic E-state index is 0.924. The fraction of sp³-hybridized carbons (Fsp3) is 1.00. The predicted octanol–water partition coefficient (Wildman–Crippen LogP) is 3.20. The summed E-state index contributed by atoms with van der Waals surface area (Å²) in [5.74, 6) is 1.97. The van der Waals surface area contributed by atoms with Gasteiger partial charge in [0.1, 0.15) is 0 Å². The topological polar surface area (TPSA) is 12.0 Å². The van der Waals surface area contributed by atoms with Crippen LogP contribution in [0.4, 0.5) is 0 Å². The summed E-state index contributed by atoms with van der Waals surface area (Å²) in [6.07, 6.45) is 10.3. The Morgan fingerprint density at radius 3 is 2.46 bits per heavy atom. The smallest absolute Gasteiger partial charge is 0.00235 e. The van der Waals surface area contributed by atoms with E-state index < -0.39 is 0 Å². The maximum absolute atomic E-state index is 3.31. The molecule has 1 unspecified atom stereocenters. The van der Waals surface area contributed by atoms with Gasteiger partial charge < -0.3 is 5.32 Å². The maximum atomic E-state index is 3.31. The normalized spacial score (nSPS) is 21.7. The van der Waals surface area contributed by atoms with E-state index in [1.54, 1.807) is 0 Å². The van der Waals surface area contributed by atoms with Gasteiger partial charge in [-0.05, 0) is 31.8 Å². The van der Waals surface area contributed by atoms with Crippen LogP contribution in [0, 0.1) is 11.8 Å². The second-order valence-corrected chi connectivity index (χ2v) is 4.57. The van der Waals surface area contributed by atoms with Crippen LogP contribution >= 0.6 is 0 Å². The van der Waals surface area contributed by atoms with Crippen molar-refractivity contribution in [2.45, 2.75) is 51.9 Å². The molecule has 1 rings (SSSR count). The van der Waals surface area contributed by atoms with E-state index in [1.807, 2.05) is 0 Å². The van der Waals surface area contributed by atoms with Crippen molar-refractivity contribution in [3.05, 3.63) is 0 Å². The molecule has 1 nitrogen and oxygen atoms in total. The zero-order valence-corrected chi connectivity index (χ0v) is 9.31. The Morgan fingerprint density at radius 1 is 1.23 bits per heavy atom. The molecule has 0 amide bonds. The first-order chi connectivity index (χ1) is 6.36. The molecular weight excluding hydrogens is 158 g/mol. The van der Waals surface area contributed by atoms with E-state index >= 15 is 0 Å². The van der Waals surface area contributed by atoms with Gasteiger partial charge in [-0.25, -0.2) is 0 Å². The summed E-state index contributed by atoms with van der Waals surface area (Å²) in [4.78, 5) is 0. The quantitative estimate of drug-likeness (QED) is 0.690. The van der Waals surface area contributed by atoms with Gasteiger partial charge in [-0.2, -0.15) is 0 Å². The van der Waals surface area contributed by atoms with Crippen LogP contribution in [0.2, 0.25) is 0 Å². The van der Waals surface area contributed by atoms with Gasteiger partial charge >= 0.3 is 0 Å². The van der Waals surface area contributed by atoms with Crippen LogP contribution in [0.25, 0.3) is 0 Å². The van der Waals surface area contributed by atoms with E-state index in [4.69, 9.17) is 0 Å². The Bertz CT molecular complexity index is 114. The third kappa shape index (κ3) is 4.12. The monoisotopic (exact) mass is 183 g/mol. The third-order valence-corrected chi connectivity index (χ3v) is 3.46. The second-order valence-electron chi connectivity index (χ2n) is 4.57. The Labute approximate surface area is 83.3 Å². The van der Waals surface area contributed by atoms with Crippen molar-refractivity contribution in [1.29, 1.82) is 0 Å². The molecule has 0 aromatic rings. The van der Waals surface area contributed by atoms with Crippen LogP contribution in [0.15, 0.2) is 0 Å². The molecule has 0 aromatic heterocycles. The van der Waals surface area contributed by atoms with Gasteiger partial charge in [0.2, 0.25) is 0 Å². The van der Waals surface area contributed by atoms with Gasteiger partial charge in [0.25, 0.3) is 0 Å². The van der Waals surface area contributed by atoms with Crippen molar-refractivity contribution in [1.82, 2.24) is 5.32 Å². The molecule has 13 heavy (non-hydrogen) atoms. The molecule has 0 aromatic carbocycles. The number of hydrogen-bond donors (Lipinski definition) is 1. The summed E-state index contributed by atoms with van der Waals surface area (Å²) in [6, 6.07) is 0. The molecule has 1 aliphatic rings. The first kappa shape index (κ1) is 11.0. The van der Waals surface area contributed by atoms with Gasteiger partial charge in [0.15, 0.2) is 0 Å². The molecule has 0 radical (unpaired) electrons. The SMILES string of the molecule is CCC(CNC)CC1CCCCC1. The van der Waals surface area contributed by atoms with Crippen molar-refractivity contribution < 1.29 is 0 Å². The van der Waals surface area contributed by atoms with Crippen molar-refractivity contribution in [2.24, 2.45) is 11.8 Å². The van der Waals surface area contributed by atoms with E-state index in [-0.39, 0.29) is 0 Å². The molecule has 1 aliphatic carbocycles. The van der Waals surface area contributed by atoms with Gasteiger partial charge in [-0.1, -0.05) is 45.4 Å². The highest BCUT2D eigenvalue weighted by Gasteiger charge is 2.17. The predicted molar refractivity (Wildman–Crippen MR) is 58.9 cm³/mol. The number of nitrogens with one attached hydrogen (secondary N) is 1. The van der Waals surface area contributed by atoms with Crippen LogP contribution in [0.5, 0.6) is 0 Å². The molecule has 0 saturated heterocycles. The van der Waals surface area contributed by atoms with E-state index in [2.05, 4.69) is 19.3 Å². The Hall–Kier alpha value is -0.0400. The van der Waals surface area contributed by atoms with Crippen molar-refractivity contribution in [3.63, 3.8) is 0 Å². The Morgan fingerprint density at radius 2 is 1.92 bits per heavy atom. The summed E-state index contributed by atoms with van der Waals surface area (Å²) >= 11 is 0. The average Bonchev–Trinajstić information content (AvgIpc) is 2.19. The molecule has 1 fully saturated rings. The highest BCUT2D eigenvalue weighted by atomic mass is 14.8. The summed E-state index contributed by atoms with van der Waals surface area (Å²) in [5, 5.41) is 3.31. The first-order valence-corrected chi connectivity index (χ1v) is 6.01. The largest absolute Gasteiger partial charge is 0.319 e. The summed E-state index contributed by atoms with van der Waals surface area (Å²) in [7, 11) is 2.07. The van der Waals surface area contributed by atoms with Crippen LogP contribution in [-0.4, -0.2) is 13.6 Å². The Kier molecular flexibility index (Phi) is 5.45. The lowest BCUT2D eigenvalue weighted by molar-refractivity contribution is 0.280. The molecule has 1 heteroatoms. The van der Waals surface area contributed by atoms with Crippen LogP contribution in [0.1, 0.15) is 51.9 Å². The van der Waals surface area contributed by atoms with E-state index in [1.165, 1.54) is 51.5 Å². The molecule has 1 saturated carbocycles. The van der Waals surface area contributed by atoms with Gasteiger partial charge in [0.05, 0.1) is 0 Å². The van der Waals surface area contributed by atoms with E-state index in [0.717, 1.165) is 11.8 Å². The van der Waals surface area contributed by atoms with Crippen molar-refractivity contribution in [2.75, 3.05) is 13.6 Å². The van der Waals surface area contributed by atoms with Crippen LogP contribution in [0.3, 0.4) is 0 Å². The lowest BCUT2D eigenvalue weighted by Crippen LogP contribution is -2.21. The molecule has 0 bridgehead atoms. The van der Waals surface area contributed by atoms with E-state index in [0.29, 0.717) is 0 Å². The highest BCUT2D eigenvalue weighted by molar-refractivity contribution is 4.70. The standard InChI is InChI=1S/C12H25N/c1-3-11(10-13-2)9-12-7-5-4-6-8-12/h11-13H,3-10H2,1-2H3. The van der Waals surface area contributed by atoms with Gasteiger partial charge in [-0.3, -0.25) is 0 Å². The van der Waals surface area contributed by atoms with Crippen LogP contribution in [-0.2, 0) is 0 Å². The van der Waals surface area contributed by atoms with Crippen molar-refractivity contribution in [3.8, 4) is 0 Å². The molecule has 0 aliphatic heterocycles. The molecule has 0 spiro atoms. The number of hydrogen-bond acceptors (Lipinski definition) is 1.